The van der Waals surface area contributed by atoms with Crippen molar-refractivity contribution in [2.75, 3.05) is 13.6 Å². The standard InChI is InChI=1S/C11H20N2O2/c1-4-6-7-13-9-8-12(3)11(13)15-10(14)5-2/h8-9,11H,4-7H2,1-3H3. The van der Waals surface area contributed by atoms with Crippen LogP contribution in [0.15, 0.2) is 12.4 Å². The van der Waals surface area contributed by atoms with Crippen molar-refractivity contribution in [1.82, 2.24) is 9.80 Å². The maximum Gasteiger partial charge on any atom is 0.308 e. The van der Waals surface area contributed by atoms with E-state index in [9.17, 15) is 4.79 Å². The zero-order valence-electron chi connectivity index (χ0n) is 9.77. The first-order valence-corrected chi connectivity index (χ1v) is 5.54. The molecule has 0 aromatic carbocycles. The second-order valence-electron chi connectivity index (χ2n) is 3.72. The molecule has 0 saturated heterocycles. The molecule has 0 N–H and O–H groups in total. The Hall–Kier alpha value is -1.19. The lowest BCUT2D eigenvalue weighted by atomic mass is 10.3. The summed E-state index contributed by atoms with van der Waals surface area (Å²) in [6, 6.07) is 0. The number of nitrogens with zero attached hydrogens (tertiary/aromatic N) is 2. The van der Waals surface area contributed by atoms with Gasteiger partial charge in [-0.3, -0.25) is 4.79 Å². The van der Waals surface area contributed by atoms with Crippen LogP contribution in [-0.4, -0.2) is 35.7 Å². The van der Waals surface area contributed by atoms with Crippen LogP contribution in [0.2, 0.25) is 0 Å². The van der Waals surface area contributed by atoms with Gasteiger partial charge in [-0.05, 0) is 6.42 Å². The van der Waals surface area contributed by atoms with E-state index in [0.29, 0.717) is 6.42 Å². The molecule has 0 fully saturated rings. The number of hydrogen-bond donors (Lipinski definition) is 0. The lowest BCUT2D eigenvalue weighted by molar-refractivity contribution is -0.166. The molecular weight excluding hydrogens is 192 g/mol. The van der Waals surface area contributed by atoms with Crippen LogP contribution in [0.5, 0.6) is 0 Å². The Morgan fingerprint density at radius 2 is 2.13 bits per heavy atom. The third kappa shape index (κ3) is 3.15. The maximum absolute atomic E-state index is 11.2. The van der Waals surface area contributed by atoms with Crippen molar-refractivity contribution in [3.63, 3.8) is 0 Å². The Morgan fingerprint density at radius 1 is 1.40 bits per heavy atom. The van der Waals surface area contributed by atoms with E-state index in [1.165, 1.54) is 0 Å². The molecule has 0 aliphatic carbocycles. The predicted octanol–water partition coefficient (Wildman–Crippen LogP) is 1.74. The zero-order valence-corrected chi connectivity index (χ0v) is 9.77. The highest BCUT2D eigenvalue weighted by Crippen LogP contribution is 2.16. The van der Waals surface area contributed by atoms with E-state index in [4.69, 9.17) is 4.74 Å². The molecule has 0 aromatic heterocycles. The second-order valence-corrected chi connectivity index (χ2v) is 3.72. The summed E-state index contributed by atoms with van der Waals surface area (Å²) < 4.78 is 5.33. The van der Waals surface area contributed by atoms with Gasteiger partial charge in [0.05, 0.1) is 0 Å². The van der Waals surface area contributed by atoms with Crippen LogP contribution < -0.4 is 0 Å². The van der Waals surface area contributed by atoms with Gasteiger partial charge in [0.25, 0.3) is 6.35 Å². The minimum absolute atomic E-state index is 0.156. The van der Waals surface area contributed by atoms with Crippen LogP contribution in [0.3, 0.4) is 0 Å². The number of unbranched alkanes of at least 4 members (excludes halogenated alkanes) is 1. The summed E-state index contributed by atoms with van der Waals surface area (Å²) in [5.41, 5.74) is 0. The van der Waals surface area contributed by atoms with Crippen molar-refractivity contribution in [1.29, 1.82) is 0 Å². The molecule has 0 amide bonds. The van der Waals surface area contributed by atoms with Gasteiger partial charge in [-0.25, -0.2) is 0 Å². The van der Waals surface area contributed by atoms with Gasteiger partial charge < -0.3 is 14.5 Å². The average Bonchev–Trinajstić information content (AvgIpc) is 2.57. The van der Waals surface area contributed by atoms with Crippen molar-refractivity contribution in [2.45, 2.75) is 39.5 Å². The molecule has 1 aliphatic rings. The quantitative estimate of drug-likeness (QED) is 0.650. The van der Waals surface area contributed by atoms with E-state index < -0.39 is 0 Å². The first-order valence-electron chi connectivity index (χ1n) is 5.54. The fourth-order valence-electron chi connectivity index (χ4n) is 1.45. The molecule has 86 valence electrons. The molecule has 0 bridgehead atoms. The van der Waals surface area contributed by atoms with Crippen LogP contribution >= 0.6 is 0 Å². The molecule has 1 rings (SSSR count). The summed E-state index contributed by atoms with van der Waals surface area (Å²) >= 11 is 0. The molecule has 1 aliphatic heterocycles. The van der Waals surface area contributed by atoms with Crippen molar-refractivity contribution >= 4 is 5.97 Å². The summed E-state index contributed by atoms with van der Waals surface area (Å²) in [4.78, 5) is 15.2. The van der Waals surface area contributed by atoms with Crippen molar-refractivity contribution in [3.05, 3.63) is 12.4 Å². The molecule has 4 nitrogen and oxygen atoms in total. The highest BCUT2D eigenvalue weighted by atomic mass is 16.6. The molecule has 1 atom stereocenters. The third-order valence-corrected chi connectivity index (χ3v) is 2.42. The first-order chi connectivity index (χ1) is 7.19. The normalized spacial score (nSPS) is 19.8. The minimum atomic E-state index is -0.246. The Labute approximate surface area is 91.5 Å². The van der Waals surface area contributed by atoms with E-state index in [0.717, 1.165) is 19.4 Å². The number of esters is 1. The zero-order chi connectivity index (χ0) is 11.3. The Bertz CT molecular complexity index is 241. The third-order valence-electron chi connectivity index (χ3n) is 2.42. The summed E-state index contributed by atoms with van der Waals surface area (Å²) in [5.74, 6) is -0.156. The summed E-state index contributed by atoms with van der Waals surface area (Å²) in [6.45, 7) is 4.89. The number of carbonyl (C=O) groups excluding carboxylic acids is 1. The van der Waals surface area contributed by atoms with Gasteiger partial charge in [0.2, 0.25) is 0 Å². The fourth-order valence-corrected chi connectivity index (χ4v) is 1.45. The van der Waals surface area contributed by atoms with Crippen LogP contribution in [-0.2, 0) is 9.53 Å². The van der Waals surface area contributed by atoms with Crippen LogP contribution in [0.25, 0.3) is 0 Å². The molecule has 15 heavy (non-hydrogen) atoms. The molecular formula is C11H20N2O2. The van der Waals surface area contributed by atoms with Crippen LogP contribution in [0.4, 0.5) is 0 Å². The SMILES string of the molecule is CCCCN1C=CN(C)C1OC(=O)CC. The van der Waals surface area contributed by atoms with E-state index in [2.05, 4.69) is 11.8 Å². The monoisotopic (exact) mass is 212 g/mol. The van der Waals surface area contributed by atoms with Crippen molar-refractivity contribution in [2.24, 2.45) is 0 Å². The Balaban J connectivity index is 2.47. The molecule has 0 spiro atoms. The van der Waals surface area contributed by atoms with Gasteiger partial charge in [0, 0.05) is 32.4 Å². The smallest absolute Gasteiger partial charge is 0.308 e. The van der Waals surface area contributed by atoms with Crippen molar-refractivity contribution < 1.29 is 9.53 Å². The Kier molecular flexibility index (Phi) is 4.46. The molecule has 0 saturated carbocycles. The van der Waals surface area contributed by atoms with Crippen molar-refractivity contribution in [3.8, 4) is 0 Å². The van der Waals surface area contributed by atoms with E-state index in [1.54, 1.807) is 6.92 Å². The lowest BCUT2D eigenvalue weighted by Gasteiger charge is -2.29. The number of rotatable bonds is 5. The molecule has 0 radical (unpaired) electrons. The summed E-state index contributed by atoms with van der Waals surface area (Å²) in [6.07, 6.45) is 6.34. The average molecular weight is 212 g/mol. The summed E-state index contributed by atoms with van der Waals surface area (Å²) in [5, 5.41) is 0. The molecule has 0 aromatic rings. The highest BCUT2D eigenvalue weighted by Gasteiger charge is 2.26. The van der Waals surface area contributed by atoms with Gasteiger partial charge in [0.15, 0.2) is 0 Å². The number of hydrogen-bond acceptors (Lipinski definition) is 4. The van der Waals surface area contributed by atoms with Gasteiger partial charge >= 0.3 is 5.97 Å². The van der Waals surface area contributed by atoms with Crippen LogP contribution in [0, 0.1) is 0 Å². The van der Waals surface area contributed by atoms with E-state index >= 15 is 0 Å². The second kappa shape index (κ2) is 5.63. The van der Waals surface area contributed by atoms with E-state index in [1.807, 2.05) is 24.3 Å². The molecule has 4 heteroatoms. The maximum atomic E-state index is 11.2. The van der Waals surface area contributed by atoms with Gasteiger partial charge in [0.1, 0.15) is 0 Å². The van der Waals surface area contributed by atoms with Crippen LogP contribution in [0.1, 0.15) is 33.1 Å². The van der Waals surface area contributed by atoms with Gasteiger partial charge in [-0.1, -0.05) is 20.3 Å². The van der Waals surface area contributed by atoms with E-state index in [-0.39, 0.29) is 12.3 Å². The predicted molar refractivity (Wildman–Crippen MR) is 58.7 cm³/mol. The van der Waals surface area contributed by atoms with Gasteiger partial charge in [-0.15, -0.1) is 0 Å². The summed E-state index contributed by atoms with van der Waals surface area (Å²) in [7, 11) is 1.91. The lowest BCUT2D eigenvalue weighted by Crippen LogP contribution is -2.40. The number of ether oxygens (including phenoxy) is 1. The topological polar surface area (TPSA) is 32.8 Å². The largest absolute Gasteiger partial charge is 0.422 e. The first kappa shape index (κ1) is 11.9. The molecule has 1 heterocycles. The molecule has 1 unspecified atom stereocenters. The Morgan fingerprint density at radius 3 is 2.73 bits per heavy atom. The fraction of sp³-hybridized carbons (Fsp3) is 0.727. The van der Waals surface area contributed by atoms with Gasteiger partial charge in [-0.2, -0.15) is 0 Å². The number of carbonyl (C=O) groups is 1. The highest BCUT2D eigenvalue weighted by molar-refractivity contribution is 5.69. The minimum Gasteiger partial charge on any atom is -0.422 e.